The summed E-state index contributed by atoms with van der Waals surface area (Å²) in [5, 5.41) is 11.7. The molecule has 1 fully saturated rings. The van der Waals surface area contributed by atoms with Crippen molar-refractivity contribution in [3.05, 3.63) is 28.6 Å². The minimum absolute atomic E-state index is 0.269. The number of allylic oxidation sites excluding steroid dienone is 2. The zero-order chi connectivity index (χ0) is 14.7. The van der Waals surface area contributed by atoms with E-state index >= 15 is 0 Å². The zero-order valence-electron chi connectivity index (χ0n) is 9.50. The number of nitrogens with zero attached hydrogens (tertiary/aromatic N) is 2. The Kier molecular flexibility index (Phi) is 1.63. The van der Waals surface area contributed by atoms with Gasteiger partial charge in [0, 0.05) is 11.5 Å². The highest BCUT2D eigenvalue weighted by atomic mass is 19.4. The van der Waals surface area contributed by atoms with E-state index in [1.807, 2.05) is 0 Å². The molecule has 1 N–H and O–H groups in total. The molecule has 0 saturated heterocycles. The van der Waals surface area contributed by atoms with Crippen molar-refractivity contribution in [3.63, 3.8) is 0 Å². The van der Waals surface area contributed by atoms with Crippen molar-refractivity contribution in [3.8, 4) is 0 Å². The average Bonchev–Trinajstić information content (AvgIpc) is 3.05. The molecule has 4 nitrogen and oxygen atoms in total. The summed E-state index contributed by atoms with van der Waals surface area (Å²) in [5.41, 5.74) is -4.16. The molecule has 4 rings (SSSR count). The lowest BCUT2D eigenvalue weighted by Crippen LogP contribution is -2.25. The van der Waals surface area contributed by atoms with Crippen LogP contribution in [0.1, 0.15) is 22.9 Å². The SMILES string of the molecule is O=C(O)Cn1nc(C(F)(F)F)c2c1C(F)(F)C13C=C1C23. The van der Waals surface area contributed by atoms with Gasteiger partial charge >= 0.3 is 18.1 Å². The molecule has 0 amide bonds. The molecule has 0 bridgehead atoms. The second-order valence-electron chi connectivity index (χ2n) is 5.14. The van der Waals surface area contributed by atoms with E-state index in [0.29, 0.717) is 5.57 Å². The predicted molar refractivity (Wildman–Crippen MR) is 52.0 cm³/mol. The van der Waals surface area contributed by atoms with Crippen LogP contribution in [0.2, 0.25) is 0 Å². The Labute approximate surface area is 107 Å². The highest BCUT2D eigenvalue weighted by Crippen LogP contribution is 2.90. The molecule has 1 saturated carbocycles. The summed E-state index contributed by atoms with van der Waals surface area (Å²) in [5.74, 6) is -6.00. The Balaban J connectivity index is 1.95. The van der Waals surface area contributed by atoms with Crippen LogP contribution in [0.3, 0.4) is 0 Å². The largest absolute Gasteiger partial charge is 0.480 e. The lowest BCUT2D eigenvalue weighted by molar-refractivity contribution is -0.143. The van der Waals surface area contributed by atoms with E-state index in [0.717, 1.165) is 0 Å². The first-order valence-corrected chi connectivity index (χ1v) is 5.63. The molecule has 9 heteroatoms. The van der Waals surface area contributed by atoms with Crippen LogP contribution >= 0.6 is 0 Å². The van der Waals surface area contributed by atoms with E-state index in [-0.39, 0.29) is 4.68 Å². The molecule has 0 radical (unpaired) electrons. The molecular weight excluding hydrogens is 287 g/mol. The molecule has 0 aliphatic heterocycles. The monoisotopic (exact) mass is 292 g/mol. The third kappa shape index (κ3) is 1.01. The summed E-state index contributed by atoms with van der Waals surface area (Å²) >= 11 is 0. The Bertz CT molecular complexity index is 717. The minimum Gasteiger partial charge on any atom is -0.480 e. The number of alkyl halides is 5. The van der Waals surface area contributed by atoms with Gasteiger partial charge in [-0.2, -0.15) is 27.1 Å². The fourth-order valence-electron chi connectivity index (χ4n) is 3.21. The maximum absolute atomic E-state index is 14.2. The second kappa shape index (κ2) is 2.75. The normalized spacial score (nSPS) is 31.2. The molecule has 1 heterocycles. The van der Waals surface area contributed by atoms with Gasteiger partial charge < -0.3 is 5.11 Å². The number of carboxylic acid groups (broad SMARTS) is 1. The maximum Gasteiger partial charge on any atom is 0.435 e. The topological polar surface area (TPSA) is 55.1 Å². The maximum atomic E-state index is 14.2. The van der Waals surface area contributed by atoms with Gasteiger partial charge in [0.25, 0.3) is 0 Å². The van der Waals surface area contributed by atoms with Gasteiger partial charge in [-0.15, -0.1) is 0 Å². The smallest absolute Gasteiger partial charge is 0.435 e. The number of hydrogen-bond donors (Lipinski definition) is 1. The molecule has 1 aromatic heterocycles. The van der Waals surface area contributed by atoms with Gasteiger partial charge in [-0.3, -0.25) is 9.48 Å². The van der Waals surface area contributed by atoms with Crippen molar-refractivity contribution in [1.82, 2.24) is 9.78 Å². The molecule has 1 aromatic rings. The number of aliphatic carboxylic acids is 1. The van der Waals surface area contributed by atoms with Gasteiger partial charge in [0.15, 0.2) is 5.69 Å². The average molecular weight is 292 g/mol. The third-order valence-corrected chi connectivity index (χ3v) is 4.11. The lowest BCUT2D eigenvalue weighted by Gasteiger charge is -2.16. The quantitative estimate of drug-likeness (QED) is 0.671. The van der Waals surface area contributed by atoms with Gasteiger partial charge in [0.05, 0.1) is 5.41 Å². The van der Waals surface area contributed by atoms with Crippen LogP contribution in [0.25, 0.3) is 0 Å². The number of aromatic nitrogens is 2. The highest BCUT2D eigenvalue weighted by molar-refractivity contribution is 5.78. The van der Waals surface area contributed by atoms with Crippen molar-refractivity contribution in [2.45, 2.75) is 24.6 Å². The molecule has 2 atom stereocenters. The Morgan fingerprint density at radius 2 is 2.10 bits per heavy atom. The summed E-state index contributed by atoms with van der Waals surface area (Å²) in [6.07, 6.45) is -3.64. The van der Waals surface area contributed by atoms with E-state index in [1.54, 1.807) is 0 Å². The van der Waals surface area contributed by atoms with E-state index in [4.69, 9.17) is 5.11 Å². The fourth-order valence-corrected chi connectivity index (χ4v) is 3.21. The first-order chi connectivity index (χ1) is 9.12. The molecule has 3 aliphatic carbocycles. The summed E-state index contributed by atoms with van der Waals surface area (Å²) in [7, 11) is 0. The molecule has 1 spiro atoms. The van der Waals surface area contributed by atoms with E-state index < -0.39 is 52.9 Å². The van der Waals surface area contributed by atoms with Gasteiger partial charge in [-0.25, -0.2) is 0 Å². The van der Waals surface area contributed by atoms with Crippen molar-refractivity contribution < 1.29 is 31.9 Å². The predicted octanol–water partition coefficient (Wildman–Crippen LogP) is 2.12. The van der Waals surface area contributed by atoms with Crippen LogP contribution in [0, 0.1) is 5.41 Å². The summed E-state index contributed by atoms with van der Waals surface area (Å²) in [6.45, 7) is -1.02. The van der Waals surface area contributed by atoms with Gasteiger partial charge in [-0.1, -0.05) is 6.08 Å². The summed E-state index contributed by atoms with van der Waals surface area (Å²) in [6, 6.07) is 0. The molecule has 20 heavy (non-hydrogen) atoms. The Hall–Kier alpha value is -1.93. The van der Waals surface area contributed by atoms with Crippen molar-refractivity contribution in [1.29, 1.82) is 0 Å². The number of rotatable bonds is 2. The fraction of sp³-hybridized carbons (Fsp3) is 0.455. The highest BCUT2D eigenvalue weighted by Gasteiger charge is 2.88. The van der Waals surface area contributed by atoms with E-state index in [1.165, 1.54) is 6.08 Å². The number of hydrogen-bond acceptors (Lipinski definition) is 2. The van der Waals surface area contributed by atoms with E-state index in [2.05, 4.69) is 5.10 Å². The van der Waals surface area contributed by atoms with Gasteiger partial charge in [0.2, 0.25) is 0 Å². The van der Waals surface area contributed by atoms with Gasteiger partial charge in [-0.05, 0) is 5.57 Å². The Morgan fingerprint density at radius 1 is 1.45 bits per heavy atom. The summed E-state index contributed by atoms with van der Waals surface area (Å²) in [4.78, 5) is 10.6. The third-order valence-electron chi connectivity index (χ3n) is 4.11. The Morgan fingerprint density at radius 3 is 2.60 bits per heavy atom. The standard InChI is InChI=1S/C11H5F5N2O2/c12-10(13)8-5(6-3-1-9(3,6)10)7(11(14,15)16)17-18(8)2-4(19)20/h1,6H,2H2,(H,19,20). The van der Waals surface area contributed by atoms with Crippen LogP contribution in [0.5, 0.6) is 0 Å². The number of halogens is 5. The molecule has 0 aromatic carbocycles. The molecule has 2 unspecified atom stereocenters. The van der Waals surface area contributed by atoms with Gasteiger partial charge in [0.1, 0.15) is 12.2 Å². The van der Waals surface area contributed by atoms with Crippen molar-refractivity contribution in [2.24, 2.45) is 5.41 Å². The molecular formula is C11H5F5N2O2. The first kappa shape index (κ1) is 11.9. The van der Waals surface area contributed by atoms with Crippen LogP contribution < -0.4 is 0 Å². The number of carbonyl (C=O) groups is 1. The van der Waals surface area contributed by atoms with E-state index in [9.17, 15) is 26.7 Å². The molecule has 106 valence electrons. The minimum atomic E-state index is -4.88. The second-order valence-corrected chi connectivity index (χ2v) is 5.14. The number of carboxylic acids is 1. The van der Waals surface area contributed by atoms with Crippen molar-refractivity contribution in [2.75, 3.05) is 0 Å². The zero-order valence-corrected chi connectivity index (χ0v) is 9.50. The van der Waals surface area contributed by atoms with Crippen molar-refractivity contribution >= 4 is 5.97 Å². The molecule has 3 aliphatic rings. The van der Waals surface area contributed by atoms with Crippen LogP contribution in [0.15, 0.2) is 11.6 Å². The lowest BCUT2D eigenvalue weighted by atomic mass is 10.1. The number of fused-ring (bicyclic) bond motifs is 3. The summed E-state index contributed by atoms with van der Waals surface area (Å²) < 4.78 is 67.4. The van der Waals surface area contributed by atoms with Crippen LogP contribution in [0.4, 0.5) is 22.0 Å². The van der Waals surface area contributed by atoms with Crippen LogP contribution in [-0.4, -0.2) is 20.9 Å². The van der Waals surface area contributed by atoms with Crippen LogP contribution in [-0.2, 0) is 23.4 Å². The first-order valence-electron chi connectivity index (χ1n) is 5.63.